The third-order valence-corrected chi connectivity index (χ3v) is 4.64. The molecule has 2 rings (SSSR count). The summed E-state index contributed by atoms with van der Waals surface area (Å²) < 4.78 is 0. The molecule has 0 radical (unpaired) electrons. The van der Waals surface area contributed by atoms with Crippen LogP contribution in [0.4, 0.5) is 0 Å². The third kappa shape index (κ3) is 4.94. The summed E-state index contributed by atoms with van der Waals surface area (Å²) in [4.78, 5) is 0. The molecule has 1 aliphatic carbocycles. The number of hydrogen-bond acceptors (Lipinski definition) is 1. The first kappa shape index (κ1) is 15.6. The maximum Gasteiger partial charge on any atom is -0.00176 e. The molecule has 1 saturated carbocycles. The summed E-state index contributed by atoms with van der Waals surface area (Å²) in [6, 6.07) is 9.15. The van der Waals surface area contributed by atoms with Gasteiger partial charge >= 0.3 is 0 Å². The van der Waals surface area contributed by atoms with E-state index in [1.54, 1.807) is 0 Å². The summed E-state index contributed by atoms with van der Waals surface area (Å²) >= 11 is 0. The summed E-state index contributed by atoms with van der Waals surface area (Å²) in [5, 5.41) is 3.68. The Labute approximate surface area is 125 Å². The van der Waals surface area contributed by atoms with Gasteiger partial charge in [0.1, 0.15) is 0 Å². The molecule has 1 fully saturated rings. The van der Waals surface area contributed by atoms with Crippen LogP contribution in [0.2, 0.25) is 0 Å². The Morgan fingerprint density at radius 3 is 2.35 bits per heavy atom. The number of nitrogens with one attached hydrogen (secondary N) is 1. The van der Waals surface area contributed by atoms with Gasteiger partial charge in [-0.15, -0.1) is 0 Å². The van der Waals surface area contributed by atoms with Crippen molar-refractivity contribution in [2.24, 2.45) is 17.8 Å². The van der Waals surface area contributed by atoms with Gasteiger partial charge in [0, 0.05) is 0 Å². The minimum atomic E-state index is 0.758. The van der Waals surface area contributed by atoms with E-state index in [1.807, 2.05) is 0 Å². The maximum atomic E-state index is 3.68. The molecule has 0 amide bonds. The minimum Gasteiger partial charge on any atom is -0.316 e. The third-order valence-electron chi connectivity index (χ3n) is 4.64. The Hall–Kier alpha value is -0.820. The number of aryl methyl sites for hydroxylation is 1. The van der Waals surface area contributed by atoms with E-state index in [2.05, 4.69) is 50.4 Å². The molecular weight excluding hydrogens is 242 g/mol. The molecule has 20 heavy (non-hydrogen) atoms. The van der Waals surface area contributed by atoms with Crippen molar-refractivity contribution in [3.8, 4) is 0 Å². The van der Waals surface area contributed by atoms with E-state index in [-0.39, 0.29) is 0 Å². The molecule has 1 aromatic rings. The number of rotatable bonds is 6. The molecule has 2 unspecified atom stereocenters. The molecule has 0 bridgehead atoms. The van der Waals surface area contributed by atoms with Crippen LogP contribution in [0, 0.1) is 24.7 Å². The van der Waals surface area contributed by atoms with Crippen molar-refractivity contribution in [2.45, 2.75) is 52.9 Å². The molecule has 0 saturated heterocycles. The monoisotopic (exact) mass is 273 g/mol. The van der Waals surface area contributed by atoms with Gasteiger partial charge in [0.05, 0.1) is 0 Å². The first-order valence-electron chi connectivity index (χ1n) is 8.41. The van der Waals surface area contributed by atoms with Crippen LogP contribution in [0.25, 0.3) is 0 Å². The van der Waals surface area contributed by atoms with Gasteiger partial charge < -0.3 is 5.32 Å². The van der Waals surface area contributed by atoms with Gasteiger partial charge in [-0.25, -0.2) is 0 Å². The second kappa shape index (κ2) is 7.83. The van der Waals surface area contributed by atoms with Gasteiger partial charge in [0.2, 0.25) is 0 Å². The Morgan fingerprint density at radius 1 is 1.05 bits per heavy atom. The van der Waals surface area contributed by atoms with Gasteiger partial charge in [-0.05, 0) is 62.6 Å². The predicted molar refractivity (Wildman–Crippen MR) is 88.0 cm³/mol. The SMILES string of the molecule is Cc1ccc(CC2CCCCC2CNCC(C)C)cc1. The lowest BCUT2D eigenvalue weighted by Crippen LogP contribution is -2.33. The van der Waals surface area contributed by atoms with Crippen molar-refractivity contribution in [3.05, 3.63) is 35.4 Å². The van der Waals surface area contributed by atoms with Gasteiger partial charge in [0.15, 0.2) is 0 Å². The maximum absolute atomic E-state index is 3.68. The minimum absolute atomic E-state index is 0.758. The highest BCUT2D eigenvalue weighted by molar-refractivity contribution is 5.21. The zero-order chi connectivity index (χ0) is 14.4. The molecule has 0 spiro atoms. The molecule has 1 nitrogen and oxygen atoms in total. The van der Waals surface area contributed by atoms with E-state index < -0.39 is 0 Å². The fourth-order valence-corrected chi connectivity index (χ4v) is 3.41. The smallest absolute Gasteiger partial charge is 0.00176 e. The molecule has 0 aliphatic heterocycles. The van der Waals surface area contributed by atoms with E-state index in [4.69, 9.17) is 0 Å². The van der Waals surface area contributed by atoms with Crippen LogP contribution in [0.5, 0.6) is 0 Å². The lowest BCUT2D eigenvalue weighted by molar-refractivity contribution is 0.226. The van der Waals surface area contributed by atoms with Gasteiger partial charge in [0.25, 0.3) is 0 Å². The standard InChI is InChI=1S/C19H31N/c1-15(2)13-20-14-19-7-5-4-6-18(19)12-17-10-8-16(3)9-11-17/h8-11,15,18-20H,4-7,12-14H2,1-3H3. The number of hydrogen-bond donors (Lipinski definition) is 1. The van der Waals surface area contributed by atoms with E-state index in [0.29, 0.717) is 0 Å². The molecule has 1 N–H and O–H groups in total. The van der Waals surface area contributed by atoms with Crippen molar-refractivity contribution in [2.75, 3.05) is 13.1 Å². The molecule has 112 valence electrons. The molecule has 2 atom stereocenters. The first-order chi connectivity index (χ1) is 9.65. The summed E-state index contributed by atoms with van der Waals surface area (Å²) in [5.41, 5.74) is 2.89. The average Bonchev–Trinajstić information content (AvgIpc) is 2.43. The molecule has 0 aromatic heterocycles. The van der Waals surface area contributed by atoms with Crippen molar-refractivity contribution >= 4 is 0 Å². The normalized spacial score (nSPS) is 23.2. The molecule has 1 heteroatoms. The Kier molecular flexibility index (Phi) is 6.09. The van der Waals surface area contributed by atoms with E-state index in [9.17, 15) is 0 Å². The van der Waals surface area contributed by atoms with Crippen LogP contribution < -0.4 is 5.32 Å². The predicted octanol–water partition coefficient (Wildman–Crippen LogP) is 4.59. The quantitative estimate of drug-likeness (QED) is 0.799. The highest BCUT2D eigenvalue weighted by atomic mass is 14.9. The van der Waals surface area contributed by atoms with Crippen molar-refractivity contribution in [1.29, 1.82) is 0 Å². The van der Waals surface area contributed by atoms with Gasteiger partial charge in [-0.3, -0.25) is 0 Å². The molecule has 1 aliphatic rings. The second-order valence-electron chi connectivity index (χ2n) is 7.05. The lowest BCUT2D eigenvalue weighted by Gasteiger charge is -2.32. The summed E-state index contributed by atoms with van der Waals surface area (Å²) in [6.07, 6.45) is 6.97. The van der Waals surface area contributed by atoms with Crippen molar-refractivity contribution < 1.29 is 0 Å². The zero-order valence-corrected chi connectivity index (χ0v) is 13.5. The summed E-state index contributed by atoms with van der Waals surface area (Å²) in [5.74, 6) is 2.52. The topological polar surface area (TPSA) is 12.0 Å². The highest BCUT2D eigenvalue weighted by Gasteiger charge is 2.24. The Bertz CT molecular complexity index is 379. The molecular formula is C19H31N. The number of benzene rings is 1. The van der Waals surface area contributed by atoms with Crippen LogP contribution in [-0.4, -0.2) is 13.1 Å². The second-order valence-corrected chi connectivity index (χ2v) is 7.05. The van der Waals surface area contributed by atoms with E-state index in [0.717, 1.165) is 24.3 Å². The fourth-order valence-electron chi connectivity index (χ4n) is 3.41. The lowest BCUT2D eigenvalue weighted by atomic mass is 9.76. The van der Waals surface area contributed by atoms with Crippen LogP contribution in [0.1, 0.15) is 50.7 Å². The zero-order valence-electron chi connectivity index (χ0n) is 13.5. The van der Waals surface area contributed by atoms with Crippen LogP contribution >= 0.6 is 0 Å². The summed E-state index contributed by atoms with van der Waals surface area (Å²) in [6.45, 7) is 9.13. The Balaban J connectivity index is 1.87. The highest BCUT2D eigenvalue weighted by Crippen LogP contribution is 2.32. The van der Waals surface area contributed by atoms with E-state index in [1.165, 1.54) is 49.8 Å². The fraction of sp³-hybridized carbons (Fsp3) is 0.684. The van der Waals surface area contributed by atoms with Crippen molar-refractivity contribution in [1.82, 2.24) is 5.32 Å². The largest absolute Gasteiger partial charge is 0.316 e. The molecule has 0 heterocycles. The van der Waals surface area contributed by atoms with E-state index >= 15 is 0 Å². The Morgan fingerprint density at radius 2 is 1.70 bits per heavy atom. The summed E-state index contributed by atoms with van der Waals surface area (Å²) in [7, 11) is 0. The first-order valence-corrected chi connectivity index (χ1v) is 8.41. The van der Waals surface area contributed by atoms with Gasteiger partial charge in [-0.1, -0.05) is 56.5 Å². The van der Waals surface area contributed by atoms with Gasteiger partial charge in [-0.2, -0.15) is 0 Å². The molecule has 1 aromatic carbocycles. The average molecular weight is 273 g/mol. The van der Waals surface area contributed by atoms with Crippen LogP contribution in [0.3, 0.4) is 0 Å². The van der Waals surface area contributed by atoms with Crippen LogP contribution in [0.15, 0.2) is 24.3 Å². The van der Waals surface area contributed by atoms with Crippen molar-refractivity contribution in [3.63, 3.8) is 0 Å². The van der Waals surface area contributed by atoms with Crippen LogP contribution in [-0.2, 0) is 6.42 Å².